The van der Waals surface area contributed by atoms with E-state index in [0.29, 0.717) is 23.7 Å². The van der Waals surface area contributed by atoms with E-state index in [1.807, 2.05) is 36.4 Å². The van der Waals surface area contributed by atoms with Gasteiger partial charge in [-0.3, -0.25) is 0 Å². The molecule has 4 nitrogen and oxygen atoms in total. The number of benzene rings is 3. The smallest absolute Gasteiger partial charge is 0.0623 e. The normalized spacial score (nSPS) is 24.6. The fourth-order valence-corrected chi connectivity index (χ4v) is 24.5. The second kappa shape index (κ2) is 15.7. The van der Waals surface area contributed by atoms with Crippen LogP contribution in [0.1, 0.15) is 170 Å². The quantitative estimate of drug-likeness (QED) is 0.167. The molecule has 3 aromatic rings. The Hall–Kier alpha value is -2.85. The Balaban J connectivity index is 0.000000912. The summed E-state index contributed by atoms with van der Waals surface area (Å²) >= 11 is -0.342. The molecule has 0 aromatic heterocycles. The van der Waals surface area contributed by atoms with Crippen LogP contribution in [0, 0.1) is 33.3 Å². The molecule has 3 aliphatic heterocycles. The standard InChI is InChI=1S/C42H62B2N4Se2.C6H6/c1-27(2)31-19-17-20-32(28(3)4)35(31)47-37(39(9,10)23-41(47,13)14)43(25-45)49-44(26-46,50-43)38-40(11,12)24-42(15,16)48(38)36-33(29(5)6)21-18-22-34(36)30(7)8;1-2-4-6-5-3-1/h17-22,27-30H,23-24H2,1-16H3;1-6H. The van der Waals surface area contributed by atoms with Gasteiger partial charge in [0.2, 0.25) is 0 Å². The van der Waals surface area contributed by atoms with Gasteiger partial charge in [-0.25, -0.2) is 0 Å². The molecule has 0 spiro atoms. The van der Waals surface area contributed by atoms with E-state index in [2.05, 4.69) is 168 Å². The van der Waals surface area contributed by atoms with Gasteiger partial charge in [-0.05, 0) is 0 Å². The molecule has 56 heavy (non-hydrogen) atoms. The molecule has 3 aliphatic rings. The van der Waals surface area contributed by atoms with Crippen molar-refractivity contribution in [3.63, 3.8) is 0 Å². The van der Waals surface area contributed by atoms with E-state index < -0.39 is 7.54 Å². The zero-order chi connectivity index (χ0) is 41.8. The van der Waals surface area contributed by atoms with Gasteiger partial charge in [0.25, 0.3) is 0 Å². The third-order valence-electron chi connectivity index (χ3n) is 12.5. The number of hydrogen-bond acceptors (Lipinski definition) is 2. The largest absolute Gasteiger partial charge is 0.0623 e. The molecule has 0 unspecified atom stereocenters. The van der Waals surface area contributed by atoms with Crippen molar-refractivity contribution in [2.45, 2.75) is 158 Å². The van der Waals surface area contributed by atoms with Crippen LogP contribution in [0.2, 0.25) is 0 Å². The van der Waals surface area contributed by atoms with E-state index in [9.17, 15) is 10.5 Å². The summed E-state index contributed by atoms with van der Waals surface area (Å²) in [6.45, 7) is 37.5. The van der Waals surface area contributed by atoms with Crippen molar-refractivity contribution in [1.29, 1.82) is 10.5 Å². The van der Waals surface area contributed by atoms with E-state index in [0.717, 1.165) is 12.8 Å². The monoisotopic (exact) mass is 882 g/mol. The van der Waals surface area contributed by atoms with Gasteiger partial charge in [0.1, 0.15) is 0 Å². The van der Waals surface area contributed by atoms with Crippen molar-refractivity contribution in [2.24, 2.45) is 10.8 Å². The van der Waals surface area contributed by atoms with Gasteiger partial charge in [-0.2, -0.15) is 0 Å². The summed E-state index contributed by atoms with van der Waals surface area (Å²) in [5, 5.41) is 23.2. The van der Waals surface area contributed by atoms with Crippen molar-refractivity contribution in [2.75, 3.05) is 0 Å². The maximum absolute atomic E-state index is 11.6. The average molecular weight is 881 g/mol. The minimum Gasteiger partial charge on any atom is -0.0623 e. The van der Waals surface area contributed by atoms with Crippen LogP contribution in [0.4, 0.5) is 11.4 Å². The topological polar surface area (TPSA) is 53.6 Å². The third-order valence-corrected chi connectivity index (χ3v) is 23.3. The Labute approximate surface area is 353 Å². The number of nitrogens with zero attached hydrogens (tertiary/aromatic N) is 4. The first-order chi connectivity index (χ1) is 25.9. The van der Waals surface area contributed by atoms with Crippen molar-refractivity contribution in [3.8, 4) is 11.9 Å². The van der Waals surface area contributed by atoms with Crippen LogP contribution in [-0.4, -0.2) is 68.2 Å². The molecule has 8 heteroatoms. The van der Waals surface area contributed by atoms with Gasteiger partial charge >= 0.3 is 319 Å². The third kappa shape index (κ3) is 7.71. The van der Waals surface area contributed by atoms with Gasteiger partial charge in [0.05, 0.1) is 0 Å². The van der Waals surface area contributed by atoms with Crippen molar-refractivity contribution < 1.29 is 9.15 Å². The molecule has 6 rings (SSSR count). The fraction of sp³-hybridized carbons (Fsp3) is 0.542. The van der Waals surface area contributed by atoms with Crippen LogP contribution < -0.4 is 0 Å². The molecule has 0 amide bonds. The Bertz CT molecular complexity index is 1890. The predicted molar refractivity (Wildman–Crippen MR) is 245 cm³/mol. The Morgan fingerprint density at radius 1 is 0.482 bits per heavy atom. The van der Waals surface area contributed by atoms with Crippen LogP contribution in [0.15, 0.2) is 72.8 Å². The summed E-state index contributed by atoms with van der Waals surface area (Å²) in [5.41, 5.74) is 10.2. The zero-order valence-electron chi connectivity index (χ0n) is 37.4. The van der Waals surface area contributed by atoms with Crippen LogP contribution in [-0.2, 0) is 0 Å². The first-order valence-electron chi connectivity index (χ1n) is 21.1. The zero-order valence-corrected chi connectivity index (χ0v) is 40.8. The van der Waals surface area contributed by atoms with Crippen LogP contribution in [0.5, 0.6) is 0 Å². The molecule has 0 saturated carbocycles. The molecule has 0 atom stereocenters. The van der Waals surface area contributed by atoms with Crippen LogP contribution in [0.25, 0.3) is 0 Å². The summed E-state index contributed by atoms with van der Waals surface area (Å²) in [5.74, 6) is 7.62. The Morgan fingerprint density at radius 2 is 0.732 bits per heavy atom. The number of rotatable bonds is 8. The maximum Gasteiger partial charge on any atom is -0.0623 e. The number of hydrogen-bond donors (Lipinski definition) is 0. The van der Waals surface area contributed by atoms with Gasteiger partial charge in [-0.15, -0.1) is 0 Å². The van der Waals surface area contributed by atoms with Crippen molar-refractivity contribution >= 4 is 59.4 Å². The fourth-order valence-electron chi connectivity index (χ4n) is 11.0. The molecule has 0 bridgehead atoms. The van der Waals surface area contributed by atoms with Gasteiger partial charge in [0.15, 0.2) is 0 Å². The summed E-state index contributed by atoms with van der Waals surface area (Å²) in [6, 6.07) is 25.7. The Kier molecular flexibility index (Phi) is 12.4. The molecule has 1 saturated heterocycles. The summed E-state index contributed by atoms with van der Waals surface area (Å²) in [7, 11) is 0. The van der Waals surface area contributed by atoms with E-state index in [1.165, 1.54) is 44.9 Å². The average Bonchev–Trinajstić information content (AvgIpc) is 3.42. The maximum atomic E-state index is 11.6. The molecule has 0 aliphatic carbocycles. The molecule has 3 aromatic carbocycles. The van der Waals surface area contributed by atoms with E-state index >= 15 is 0 Å². The van der Waals surface area contributed by atoms with E-state index in [4.69, 9.17) is 0 Å². The van der Waals surface area contributed by atoms with Crippen molar-refractivity contribution in [1.82, 2.24) is 0 Å². The minimum absolute atomic E-state index is 0.150. The SMILES string of the molecule is CC(C)c1cccc(C(C)C)c1[N+]1=C([B-]2(C#N)[Se][B-](C#N)(C3=[N+](c4c(C(C)C)cccc4C(C)C)C(C)(C)CC3(C)C)[Se]2)C(C)(C)CC1(C)C.c1ccccc1. The molecule has 0 N–H and O–H groups in total. The summed E-state index contributed by atoms with van der Waals surface area (Å²) < 4.78 is 2.29. The van der Waals surface area contributed by atoms with Crippen LogP contribution >= 0.6 is 0 Å². The first-order valence-corrected chi connectivity index (χ1v) is 25.0. The first kappa shape index (κ1) is 44.3. The molecule has 3 heterocycles. The molecular weight excluding hydrogens is 812 g/mol. The summed E-state index contributed by atoms with van der Waals surface area (Å²) in [4.78, 5) is 0. The second-order valence-electron chi connectivity index (χ2n) is 20.5. The minimum atomic E-state index is -1.54. The molecule has 298 valence electrons. The van der Waals surface area contributed by atoms with E-state index in [-0.39, 0.29) is 51.1 Å². The van der Waals surface area contributed by atoms with Gasteiger partial charge in [-0.1, -0.05) is 36.4 Å². The summed E-state index contributed by atoms with van der Waals surface area (Å²) in [6.07, 6.45) is 1.98. The molecule has 1 fully saturated rings. The number of para-hydroxylation sites is 2. The van der Waals surface area contributed by atoms with Crippen molar-refractivity contribution in [3.05, 3.63) is 95.1 Å². The number of nitriles is 2. The molecule has 0 radical (unpaired) electrons. The van der Waals surface area contributed by atoms with Gasteiger partial charge < -0.3 is 0 Å². The van der Waals surface area contributed by atoms with Gasteiger partial charge in [0, 0.05) is 0 Å². The Morgan fingerprint density at radius 3 is 0.946 bits per heavy atom. The van der Waals surface area contributed by atoms with E-state index in [1.54, 1.807) is 0 Å². The predicted octanol–water partition coefficient (Wildman–Crippen LogP) is 11.7. The van der Waals surface area contributed by atoms with Crippen LogP contribution in [0.3, 0.4) is 0 Å². The second-order valence-corrected chi connectivity index (χ2v) is 30.6. The molecular formula is C48H68B2N4Se2.